The third kappa shape index (κ3) is 4.71. The number of anilines is 1. The zero-order valence-electron chi connectivity index (χ0n) is 25.1. The number of aliphatic hydroxyl groups is 1. The van der Waals surface area contributed by atoms with Crippen LogP contribution in [-0.4, -0.2) is 81.1 Å². The van der Waals surface area contributed by atoms with Crippen LogP contribution < -0.4 is 15.0 Å². The molecule has 4 aliphatic rings. The second-order valence-electron chi connectivity index (χ2n) is 13.6. The van der Waals surface area contributed by atoms with E-state index in [9.17, 15) is 10.2 Å². The number of benzene rings is 3. The van der Waals surface area contributed by atoms with E-state index in [0.29, 0.717) is 41.3 Å². The number of nitrogens with one attached hydrogen (secondary N) is 1. The normalized spacial score (nSPS) is 28.0. The lowest BCUT2D eigenvalue weighted by Gasteiger charge is -2.40. The second-order valence-corrected chi connectivity index (χ2v) is 14.0. The maximum absolute atomic E-state index is 16.8. The monoisotopic (exact) mass is 635 g/mol. The first-order valence-electron chi connectivity index (χ1n) is 15.8. The smallest absolute Gasteiger partial charge is 0.319 e. The van der Waals surface area contributed by atoms with Gasteiger partial charge in [-0.1, -0.05) is 23.7 Å². The van der Waals surface area contributed by atoms with Crippen molar-refractivity contribution < 1.29 is 23.7 Å². The summed E-state index contributed by atoms with van der Waals surface area (Å²) in [6.45, 7) is 4.76. The Kier molecular flexibility index (Phi) is 6.87. The summed E-state index contributed by atoms with van der Waals surface area (Å²) in [5.41, 5.74) is -0.558. The lowest BCUT2D eigenvalue weighted by molar-refractivity contribution is 0.0615. The Morgan fingerprint density at radius 1 is 1.13 bits per heavy atom. The molecule has 4 aliphatic heterocycles. The van der Waals surface area contributed by atoms with E-state index in [2.05, 4.69) is 27.0 Å². The first-order chi connectivity index (χ1) is 21.7. The van der Waals surface area contributed by atoms with Crippen LogP contribution in [0.2, 0.25) is 5.02 Å². The number of phenolic OH excluding ortho intramolecular Hbond substituents is 1. The Bertz CT molecular complexity index is 1840. The predicted molar refractivity (Wildman–Crippen MR) is 170 cm³/mol. The largest absolute Gasteiger partial charge is 0.508 e. The number of phenols is 1. The van der Waals surface area contributed by atoms with E-state index in [1.54, 1.807) is 18.2 Å². The number of nitrogens with zero attached hydrogens (tertiary/aromatic N) is 4. The molecule has 4 fully saturated rings. The highest BCUT2D eigenvalue weighted by Gasteiger charge is 2.49. The van der Waals surface area contributed by atoms with Crippen molar-refractivity contribution in [3.8, 4) is 22.9 Å². The van der Waals surface area contributed by atoms with Crippen LogP contribution in [0.1, 0.15) is 45.4 Å². The van der Waals surface area contributed by atoms with Crippen LogP contribution in [0.25, 0.3) is 32.8 Å². The van der Waals surface area contributed by atoms with Crippen molar-refractivity contribution in [2.75, 3.05) is 37.7 Å². The molecule has 11 heteroatoms. The molecule has 0 aliphatic carbocycles. The van der Waals surface area contributed by atoms with Gasteiger partial charge < -0.3 is 25.2 Å². The van der Waals surface area contributed by atoms with Crippen LogP contribution in [0.15, 0.2) is 36.4 Å². The second kappa shape index (κ2) is 10.6. The molecule has 4 atom stereocenters. The van der Waals surface area contributed by atoms with Crippen molar-refractivity contribution in [1.29, 1.82) is 0 Å². The average molecular weight is 636 g/mol. The summed E-state index contributed by atoms with van der Waals surface area (Å²) in [5, 5.41) is 25.9. The van der Waals surface area contributed by atoms with E-state index in [-0.39, 0.29) is 63.6 Å². The summed E-state index contributed by atoms with van der Waals surface area (Å²) in [7, 11) is 0. The van der Waals surface area contributed by atoms with E-state index in [1.165, 1.54) is 18.2 Å². The minimum absolute atomic E-state index is 0.0319. The van der Waals surface area contributed by atoms with Crippen molar-refractivity contribution in [3.05, 3.63) is 53.1 Å². The minimum atomic E-state index is -0.866. The standard InChI is InChI=1S/C34H36ClF2N5O3/c1-33-9-6-20(40-33)15-41(17-33)31-24-14-26(36)28(23-13-22(44)12-19-4-2-5-25(35)27(19)23)29(37)30(24)38-32(39-31)45-16-21-7-10-34(18-43)8-3-11-42(21)34/h2,4-5,12-14,20-21,40,43-44H,3,6-11,15-18H2,1H3/t20?,21-,33-,34+/m0/s1. The number of piperazine rings is 1. The maximum atomic E-state index is 16.8. The van der Waals surface area contributed by atoms with Gasteiger partial charge in [-0.3, -0.25) is 4.90 Å². The number of aliphatic hydroxyl groups excluding tert-OH is 1. The molecule has 1 aromatic heterocycles. The summed E-state index contributed by atoms with van der Waals surface area (Å²) >= 11 is 6.54. The van der Waals surface area contributed by atoms with Crippen molar-refractivity contribution >= 4 is 39.1 Å². The first kappa shape index (κ1) is 29.1. The highest BCUT2D eigenvalue weighted by Crippen LogP contribution is 2.44. The van der Waals surface area contributed by atoms with Gasteiger partial charge in [0.2, 0.25) is 0 Å². The van der Waals surface area contributed by atoms with Gasteiger partial charge in [-0.15, -0.1) is 0 Å². The molecule has 236 valence electrons. The number of hydrogen-bond acceptors (Lipinski definition) is 8. The van der Waals surface area contributed by atoms with E-state index in [0.717, 1.165) is 45.1 Å². The van der Waals surface area contributed by atoms with Crippen LogP contribution in [0, 0.1) is 11.6 Å². The molecule has 8 nitrogen and oxygen atoms in total. The summed E-state index contributed by atoms with van der Waals surface area (Å²) in [4.78, 5) is 13.8. The molecule has 8 rings (SSSR count). The minimum Gasteiger partial charge on any atom is -0.508 e. The van der Waals surface area contributed by atoms with Gasteiger partial charge in [0.1, 0.15) is 29.5 Å². The van der Waals surface area contributed by atoms with Crippen LogP contribution >= 0.6 is 11.6 Å². The molecule has 0 radical (unpaired) electrons. The summed E-state index contributed by atoms with van der Waals surface area (Å²) in [6, 6.07) is 9.62. The van der Waals surface area contributed by atoms with Gasteiger partial charge in [-0.05, 0) is 81.6 Å². The van der Waals surface area contributed by atoms with Crippen molar-refractivity contribution in [2.24, 2.45) is 0 Å². The quantitative estimate of drug-likeness (QED) is 0.245. The first-order valence-corrected chi connectivity index (χ1v) is 16.2. The van der Waals surface area contributed by atoms with Crippen LogP contribution in [0.5, 0.6) is 11.8 Å². The Morgan fingerprint density at radius 3 is 2.82 bits per heavy atom. The maximum Gasteiger partial charge on any atom is 0.319 e. The molecule has 0 spiro atoms. The van der Waals surface area contributed by atoms with Crippen molar-refractivity contribution in [2.45, 2.75) is 68.6 Å². The van der Waals surface area contributed by atoms with E-state index in [4.69, 9.17) is 21.3 Å². The van der Waals surface area contributed by atoms with Crippen molar-refractivity contribution in [3.63, 3.8) is 0 Å². The number of rotatable bonds is 6. The summed E-state index contributed by atoms with van der Waals surface area (Å²) in [5.74, 6) is -1.35. The van der Waals surface area contributed by atoms with Gasteiger partial charge in [0.25, 0.3) is 0 Å². The number of hydrogen-bond donors (Lipinski definition) is 3. The number of halogens is 3. The van der Waals surface area contributed by atoms with Crippen LogP contribution in [0.4, 0.5) is 14.6 Å². The van der Waals surface area contributed by atoms with Gasteiger partial charge in [0.15, 0.2) is 5.82 Å². The van der Waals surface area contributed by atoms with Crippen molar-refractivity contribution in [1.82, 2.24) is 20.2 Å². The Hall–Kier alpha value is -3.31. The number of ether oxygens (including phenoxy) is 1. The van der Waals surface area contributed by atoms with E-state index < -0.39 is 11.6 Å². The van der Waals surface area contributed by atoms with Crippen LogP contribution in [-0.2, 0) is 0 Å². The lowest BCUT2D eigenvalue weighted by atomic mass is 9.95. The number of aromatic nitrogens is 2. The number of aromatic hydroxyl groups is 1. The average Bonchev–Trinajstić information content (AvgIpc) is 3.66. The predicted octanol–water partition coefficient (Wildman–Crippen LogP) is 5.79. The van der Waals surface area contributed by atoms with E-state index >= 15 is 8.78 Å². The fourth-order valence-corrected chi connectivity index (χ4v) is 8.85. The third-order valence-electron chi connectivity index (χ3n) is 10.6. The van der Waals surface area contributed by atoms with Gasteiger partial charge in [0.05, 0.1) is 12.2 Å². The molecule has 5 heterocycles. The zero-order chi connectivity index (χ0) is 31.1. The van der Waals surface area contributed by atoms with Gasteiger partial charge in [-0.25, -0.2) is 8.78 Å². The molecule has 3 N–H and O–H groups in total. The van der Waals surface area contributed by atoms with Gasteiger partial charge in [0, 0.05) is 57.6 Å². The summed E-state index contributed by atoms with van der Waals surface area (Å²) < 4.78 is 39.2. The topological polar surface area (TPSA) is 94.0 Å². The van der Waals surface area contributed by atoms with Gasteiger partial charge >= 0.3 is 6.01 Å². The number of fused-ring (bicyclic) bond motifs is 5. The Morgan fingerprint density at radius 2 is 2.00 bits per heavy atom. The zero-order valence-corrected chi connectivity index (χ0v) is 25.9. The molecule has 1 unspecified atom stereocenters. The highest BCUT2D eigenvalue weighted by molar-refractivity contribution is 6.36. The molecular formula is C34H36ClF2N5O3. The molecule has 2 bridgehead atoms. The fraction of sp³-hybridized carbons (Fsp3) is 0.471. The van der Waals surface area contributed by atoms with E-state index in [1.807, 2.05) is 0 Å². The fourth-order valence-electron chi connectivity index (χ4n) is 8.56. The third-order valence-corrected chi connectivity index (χ3v) is 10.9. The highest BCUT2D eigenvalue weighted by atomic mass is 35.5. The Balaban J connectivity index is 1.26. The molecule has 4 saturated heterocycles. The molecule has 3 aromatic carbocycles. The molecule has 45 heavy (non-hydrogen) atoms. The van der Waals surface area contributed by atoms with Crippen LogP contribution in [0.3, 0.4) is 0 Å². The Labute approximate surface area is 265 Å². The molecule has 0 saturated carbocycles. The van der Waals surface area contributed by atoms with Gasteiger partial charge in [-0.2, -0.15) is 9.97 Å². The summed E-state index contributed by atoms with van der Waals surface area (Å²) in [6.07, 6.45) is 5.80. The molecule has 0 amide bonds. The molecule has 4 aromatic rings. The lowest BCUT2D eigenvalue weighted by Crippen LogP contribution is -2.58. The molecular weight excluding hydrogens is 600 g/mol. The SMILES string of the molecule is C[C@]12CCC(CN(c3nc(OC[C@@H]4CC[C@@]5(CO)CCCN45)nc4c(F)c(-c5cc(O)cc6cccc(Cl)c56)c(F)cc34)C1)N2.